The van der Waals surface area contributed by atoms with Crippen LogP contribution in [0.5, 0.6) is 0 Å². The van der Waals surface area contributed by atoms with Crippen LogP contribution in [0.3, 0.4) is 0 Å². The minimum Gasteiger partial charge on any atom is -0.481 e. The van der Waals surface area contributed by atoms with Crippen molar-refractivity contribution >= 4 is 17.5 Å². The van der Waals surface area contributed by atoms with Gasteiger partial charge in [0.15, 0.2) is 0 Å². The minimum absolute atomic E-state index is 0.0429. The Bertz CT molecular complexity index is 485. The lowest BCUT2D eigenvalue weighted by molar-refractivity contribution is -0.385. The molecule has 0 fully saturated rings. The summed E-state index contributed by atoms with van der Waals surface area (Å²) in [5.41, 5.74) is -0.317. The number of aromatic nitrogens is 1. The van der Waals surface area contributed by atoms with Crippen LogP contribution < -0.4 is 5.32 Å². The number of carboxylic acids is 1. The second-order valence-electron chi connectivity index (χ2n) is 4.69. The molecule has 1 heterocycles. The van der Waals surface area contributed by atoms with Crippen LogP contribution in [0.15, 0.2) is 12.3 Å². The number of nitrogens with zero attached hydrogens (tertiary/aromatic N) is 2. The number of hydrogen-bond acceptors (Lipinski definition) is 5. The van der Waals surface area contributed by atoms with Crippen molar-refractivity contribution in [3.05, 3.63) is 27.9 Å². The molecule has 98 valence electrons. The Labute approximate surface area is 104 Å². The molecule has 0 radical (unpaired) electrons. The molecule has 18 heavy (non-hydrogen) atoms. The average Bonchev–Trinajstić information content (AvgIpc) is 2.18. The highest BCUT2D eigenvalue weighted by molar-refractivity contribution is 5.69. The van der Waals surface area contributed by atoms with E-state index in [4.69, 9.17) is 5.11 Å². The third kappa shape index (κ3) is 3.69. The zero-order valence-electron chi connectivity index (χ0n) is 10.4. The van der Waals surface area contributed by atoms with Crippen LogP contribution >= 0.6 is 0 Å². The number of rotatable bonds is 5. The maximum Gasteiger partial charge on any atom is 0.305 e. The van der Waals surface area contributed by atoms with Crippen LogP contribution in [0.1, 0.15) is 25.8 Å². The van der Waals surface area contributed by atoms with Gasteiger partial charge in [-0.3, -0.25) is 14.9 Å². The highest BCUT2D eigenvalue weighted by Crippen LogP contribution is 2.23. The van der Waals surface area contributed by atoms with Gasteiger partial charge in [0.2, 0.25) is 0 Å². The first-order valence-electron chi connectivity index (χ1n) is 5.32. The summed E-state index contributed by atoms with van der Waals surface area (Å²) in [4.78, 5) is 25.0. The first-order chi connectivity index (χ1) is 8.21. The van der Waals surface area contributed by atoms with E-state index in [1.807, 2.05) is 0 Å². The molecule has 1 aromatic heterocycles. The zero-order valence-corrected chi connectivity index (χ0v) is 10.4. The van der Waals surface area contributed by atoms with Crippen molar-refractivity contribution in [2.75, 3.05) is 5.32 Å². The van der Waals surface area contributed by atoms with Crippen molar-refractivity contribution < 1.29 is 14.8 Å². The number of nitrogens with one attached hydrogen (secondary N) is 1. The summed E-state index contributed by atoms with van der Waals surface area (Å²) < 4.78 is 0. The van der Waals surface area contributed by atoms with Crippen molar-refractivity contribution in [1.82, 2.24) is 4.98 Å². The van der Waals surface area contributed by atoms with Crippen LogP contribution in [-0.4, -0.2) is 26.5 Å². The van der Waals surface area contributed by atoms with Crippen molar-refractivity contribution in [3.63, 3.8) is 0 Å². The zero-order chi connectivity index (χ0) is 13.9. The molecule has 0 spiro atoms. The number of carboxylic acid groups (broad SMARTS) is 1. The van der Waals surface area contributed by atoms with Gasteiger partial charge < -0.3 is 10.4 Å². The van der Waals surface area contributed by atoms with Gasteiger partial charge in [-0.15, -0.1) is 0 Å². The molecule has 0 aromatic carbocycles. The molecule has 0 atom stereocenters. The summed E-state index contributed by atoms with van der Waals surface area (Å²) in [6, 6.07) is 1.30. The fourth-order valence-corrected chi connectivity index (χ4v) is 1.55. The van der Waals surface area contributed by atoms with Gasteiger partial charge in [0, 0.05) is 17.3 Å². The summed E-state index contributed by atoms with van der Waals surface area (Å²) in [5.74, 6) is -0.660. The molecule has 0 aliphatic carbocycles. The van der Waals surface area contributed by atoms with E-state index in [-0.39, 0.29) is 12.1 Å². The molecule has 2 N–H and O–H groups in total. The van der Waals surface area contributed by atoms with Gasteiger partial charge in [-0.25, -0.2) is 4.98 Å². The number of nitro groups is 1. The van der Waals surface area contributed by atoms with E-state index in [1.165, 1.54) is 12.3 Å². The fraction of sp³-hybridized carbons (Fsp3) is 0.455. The molecule has 0 saturated carbocycles. The van der Waals surface area contributed by atoms with Crippen molar-refractivity contribution in [2.24, 2.45) is 0 Å². The molecule has 0 aliphatic rings. The molecular formula is C11H15N3O4. The summed E-state index contributed by atoms with van der Waals surface area (Å²) in [7, 11) is 0. The Morgan fingerprint density at radius 3 is 2.72 bits per heavy atom. The highest BCUT2D eigenvalue weighted by atomic mass is 16.6. The van der Waals surface area contributed by atoms with Crippen LogP contribution in [0.25, 0.3) is 0 Å². The Morgan fingerprint density at radius 2 is 2.22 bits per heavy atom. The van der Waals surface area contributed by atoms with Crippen LogP contribution in [0, 0.1) is 17.0 Å². The van der Waals surface area contributed by atoms with Gasteiger partial charge in [0.25, 0.3) is 5.69 Å². The van der Waals surface area contributed by atoms with E-state index in [0.717, 1.165) is 0 Å². The molecule has 7 heteroatoms. The minimum atomic E-state index is -0.950. The third-order valence-electron chi connectivity index (χ3n) is 2.33. The van der Waals surface area contributed by atoms with E-state index in [0.29, 0.717) is 11.4 Å². The van der Waals surface area contributed by atoms with Crippen LogP contribution in [0.2, 0.25) is 0 Å². The molecule has 0 saturated heterocycles. The van der Waals surface area contributed by atoms with Gasteiger partial charge in [-0.2, -0.15) is 0 Å². The number of hydrogen-bond donors (Lipinski definition) is 2. The molecular weight excluding hydrogens is 238 g/mol. The summed E-state index contributed by atoms with van der Waals surface area (Å²) in [5, 5.41) is 22.4. The summed E-state index contributed by atoms with van der Waals surface area (Å²) >= 11 is 0. The SMILES string of the molecule is Cc1cnc(NC(C)(C)CC(=O)O)cc1[N+](=O)[O-]. The smallest absolute Gasteiger partial charge is 0.305 e. The second-order valence-corrected chi connectivity index (χ2v) is 4.69. The summed E-state index contributed by atoms with van der Waals surface area (Å²) in [6.07, 6.45) is 1.27. The van der Waals surface area contributed by atoms with E-state index >= 15 is 0 Å². The topological polar surface area (TPSA) is 105 Å². The predicted molar refractivity (Wildman–Crippen MR) is 65.6 cm³/mol. The molecule has 0 aliphatic heterocycles. The third-order valence-corrected chi connectivity index (χ3v) is 2.33. The lowest BCUT2D eigenvalue weighted by atomic mass is 10.0. The van der Waals surface area contributed by atoms with Gasteiger partial charge in [-0.1, -0.05) is 0 Å². The largest absolute Gasteiger partial charge is 0.481 e. The number of aryl methyl sites for hydroxylation is 1. The number of anilines is 1. The lowest BCUT2D eigenvalue weighted by Gasteiger charge is -2.24. The highest BCUT2D eigenvalue weighted by Gasteiger charge is 2.23. The Balaban J connectivity index is 2.95. The normalized spacial score (nSPS) is 11.1. The Kier molecular flexibility index (Phi) is 3.85. The van der Waals surface area contributed by atoms with Crippen LogP contribution in [-0.2, 0) is 4.79 Å². The number of pyridine rings is 1. The molecule has 0 unspecified atom stereocenters. The van der Waals surface area contributed by atoms with Gasteiger partial charge in [-0.05, 0) is 20.8 Å². The fourth-order valence-electron chi connectivity index (χ4n) is 1.55. The molecule has 0 bridgehead atoms. The predicted octanol–water partition coefficient (Wildman–Crippen LogP) is 1.96. The van der Waals surface area contributed by atoms with E-state index in [9.17, 15) is 14.9 Å². The van der Waals surface area contributed by atoms with Gasteiger partial charge >= 0.3 is 5.97 Å². The van der Waals surface area contributed by atoms with Gasteiger partial charge in [0.05, 0.1) is 17.4 Å². The first-order valence-corrected chi connectivity index (χ1v) is 5.32. The maximum absolute atomic E-state index is 10.8. The number of carbonyl (C=O) groups is 1. The summed E-state index contributed by atoms with van der Waals surface area (Å²) in [6.45, 7) is 4.97. The monoisotopic (exact) mass is 253 g/mol. The molecule has 1 aromatic rings. The van der Waals surface area contributed by atoms with E-state index in [2.05, 4.69) is 10.3 Å². The average molecular weight is 253 g/mol. The molecule has 7 nitrogen and oxygen atoms in total. The first kappa shape index (κ1) is 13.9. The van der Waals surface area contributed by atoms with Gasteiger partial charge in [0.1, 0.15) is 5.82 Å². The standard InChI is InChI=1S/C11H15N3O4/c1-7-6-12-9(4-8(7)14(17)18)13-11(2,3)5-10(15)16/h4,6H,5H2,1-3H3,(H,12,13)(H,15,16). The second kappa shape index (κ2) is 4.99. The molecule has 0 amide bonds. The Hall–Kier alpha value is -2.18. The van der Waals surface area contributed by atoms with E-state index in [1.54, 1.807) is 20.8 Å². The lowest BCUT2D eigenvalue weighted by Crippen LogP contribution is -2.34. The van der Waals surface area contributed by atoms with Crippen molar-refractivity contribution in [1.29, 1.82) is 0 Å². The molecule has 1 rings (SSSR count). The maximum atomic E-state index is 10.8. The quantitative estimate of drug-likeness (QED) is 0.613. The Morgan fingerprint density at radius 1 is 1.61 bits per heavy atom. The van der Waals surface area contributed by atoms with Crippen molar-refractivity contribution in [3.8, 4) is 0 Å². The van der Waals surface area contributed by atoms with E-state index < -0.39 is 16.4 Å². The van der Waals surface area contributed by atoms with Crippen LogP contribution in [0.4, 0.5) is 11.5 Å². The number of aliphatic carboxylic acids is 1. The van der Waals surface area contributed by atoms with Crippen molar-refractivity contribution in [2.45, 2.75) is 32.7 Å².